The summed E-state index contributed by atoms with van der Waals surface area (Å²) in [6.07, 6.45) is 0. The molecule has 1 rings (SSSR count). The molecule has 1 aromatic heterocycles. The van der Waals surface area contributed by atoms with Crippen molar-refractivity contribution in [3.05, 3.63) is 11.8 Å². The lowest BCUT2D eigenvalue weighted by molar-refractivity contribution is 0.113. The normalized spacial score (nSPS) is 12.0. The maximum absolute atomic E-state index is 5.37. The molecule has 0 saturated carbocycles. The molecule has 0 aliphatic heterocycles. The Morgan fingerprint density at radius 1 is 1.27 bits per heavy atom. The van der Waals surface area contributed by atoms with E-state index in [9.17, 15) is 0 Å². The molecule has 0 bridgehead atoms. The van der Waals surface area contributed by atoms with E-state index in [1.54, 1.807) is 0 Å². The molecule has 0 unspecified atom stereocenters. The molecular weight excluding hydrogens is 194 g/mol. The molecule has 1 N–H and O–H groups in total. The van der Waals surface area contributed by atoms with Crippen molar-refractivity contribution in [3.8, 4) is 0 Å². The van der Waals surface area contributed by atoms with Crippen LogP contribution in [0.3, 0.4) is 0 Å². The van der Waals surface area contributed by atoms with E-state index in [4.69, 9.17) is 9.15 Å². The number of nitrogens with zero attached hydrogens (tertiary/aromatic N) is 2. The summed E-state index contributed by atoms with van der Waals surface area (Å²) in [5.74, 6) is 1.13. The number of hydrogen-bond donors (Lipinski definition) is 1. The number of rotatable bonds is 5. The van der Waals surface area contributed by atoms with Crippen molar-refractivity contribution in [2.75, 3.05) is 6.61 Å². The van der Waals surface area contributed by atoms with Crippen LogP contribution in [0.2, 0.25) is 0 Å². The minimum atomic E-state index is 0.0502. The molecule has 0 saturated heterocycles. The highest BCUT2D eigenvalue weighted by molar-refractivity contribution is 4.82. The lowest BCUT2D eigenvalue weighted by Gasteiger charge is -2.18. The summed E-state index contributed by atoms with van der Waals surface area (Å²) in [6, 6.07) is 0. The smallest absolute Gasteiger partial charge is 0.242 e. The minimum Gasteiger partial charge on any atom is -0.421 e. The van der Waals surface area contributed by atoms with Gasteiger partial charge in [-0.3, -0.25) is 0 Å². The zero-order valence-electron chi connectivity index (χ0n) is 9.83. The fourth-order valence-electron chi connectivity index (χ4n) is 0.948. The Balaban J connectivity index is 2.39. The molecule has 0 aliphatic carbocycles. The first-order chi connectivity index (χ1) is 7.01. The number of ether oxygens (including phenoxy) is 1. The minimum absolute atomic E-state index is 0.0502. The van der Waals surface area contributed by atoms with Gasteiger partial charge in [-0.05, 0) is 27.7 Å². The van der Waals surface area contributed by atoms with E-state index in [1.807, 2.05) is 6.92 Å². The summed E-state index contributed by atoms with van der Waals surface area (Å²) in [5.41, 5.74) is 0.0502. The third kappa shape index (κ3) is 4.90. The molecule has 0 amide bonds. The third-order valence-electron chi connectivity index (χ3n) is 1.71. The van der Waals surface area contributed by atoms with Crippen LogP contribution in [-0.4, -0.2) is 22.3 Å². The van der Waals surface area contributed by atoms with Gasteiger partial charge in [-0.25, -0.2) is 0 Å². The van der Waals surface area contributed by atoms with Gasteiger partial charge in [-0.1, -0.05) is 0 Å². The average Bonchev–Trinajstić information content (AvgIpc) is 2.58. The highest BCUT2D eigenvalue weighted by Gasteiger charge is 2.11. The van der Waals surface area contributed by atoms with Crippen LogP contribution < -0.4 is 5.32 Å². The second-order valence-electron chi connectivity index (χ2n) is 4.33. The Morgan fingerprint density at radius 3 is 2.53 bits per heavy atom. The van der Waals surface area contributed by atoms with E-state index < -0.39 is 0 Å². The van der Waals surface area contributed by atoms with Gasteiger partial charge in [0, 0.05) is 12.1 Å². The van der Waals surface area contributed by atoms with Crippen molar-refractivity contribution in [2.45, 2.75) is 46.4 Å². The fraction of sp³-hybridized carbons (Fsp3) is 0.800. The zero-order valence-corrected chi connectivity index (χ0v) is 9.83. The Bertz CT molecular complexity index is 291. The molecule has 5 nitrogen and oxygen atoms in total. The first-order valence-electron chi connectivity index (χ1n) is 5.15. The molecule has 1 heterocycles. The quantitative estimate of drug-likeness (QED) is 0.803. The number of nitrogens with one attached hydrogen (secondary N) is 1. The molecule has 15 heavy (non-hydrogen) atoms. The fourth-order valence-corrected chi connectivity index (χ4v) is 0.948. The highest BCUT2D eigenvalue weighted by atomic mass is 16.5. The van der Waals surface area contributed by atoms with Crippen LogP contribution in [0.4, 0.5) is 0 Å². The molecule has 86 valence electrons. The Kier molecular flexibility index (Phi) is 4.23. The first-order valence-corrected chi connectivity index (χ1v) is 5.15. The molecule has 0 aromatic carbocycles. The van der Waals surface area contributed by atoms with Crippen molar-refractivity contribution in [1.82, 2.24) is 15.5 Å². The van der Waals surface area contributed by atoms with Crippen LogP contribution in [0.1, 0.15) is 39.5 Å². The lowest BCUT2D eigenvalue weighted by Crippen LogP contribution is -2.35. The monoisotopic (exact) mass is 213 g/mol. The van der Waals surface area contributed by atoms with E-state index in [0.717, 1.165) is 0 Å². The van der Waals surface area contributed by atoms with Gasteiger partial charge in [0.15, 0.2) is 0 Å². The first kappa shape index (κ1) is 12.1. The van der Waals surface area contributed by atoms with Crippen LogP contribution in [0.15, 0.2) is 4.42 Å². The summed E-state index contributed by atoms with van der Waals surface area (Å²) >= 11 is 0. The SMILES string of the molecule is CCOCc1nnc(CNC(C)(C)C)o1. The van der Waals surface area contributed by atoms with E-state index in [-0.39, 0.29) is 5.54 Å². The summed E-state index contributed by atoms with van der Waals surface area (Å²) in [7, 11) is 0. The second kappa shape index (κ2) is 5.23. The van der Waals surface area contributed by atoms with Gasteiger partial charge in [0.2, 0.25) is 11.8 Å². The van der Waals surface area contributed by atoms with Gasteiger partial charge >= 0.3 is 0 Å². The van der Waals surface area contributed by atoms with Crippen LogP contribution in [-0.2, 0) is 17.9 Å². The van der Waals surface area contributed by atoms with Crippen molar-refractivity contribution in [3.63, 3.8) is 0 Å². The summed E-state index contributed by atoms with van der Waals surface area (Å²) in [5, 5.41) is 11.1. The van der Waals surface area contributed by atoms with Gasteiger partial charge in [-0.2, -0.15) is 0 Å². The van der Waals surface area contributed by atoms with Gasteiger partial charge in [-0.15, -0.1) is 10.2 Å². The highest BCUT2D eigenvalue weighted by Crippen LogP contribution is 2.04. The Labute approximate surface area is 90.2 Å². The zero-order chi connectivity index (χ0) is 11.3. The summed E-state index contributed by atoms with van der Waals surface area (Å²) < 4.78 is 10.5. The Morgan fingerprint density at radius 2 is 1.93 bits per heavy atom. The molecule has 1 aromatic rings. The topological polar surface area (TPSA) is 60.2 Å². The molecule has 5 heteroatoms. The van der Waals surface area contributed by atoms with E-state index in [2.05, 4.69) is 36.3 Å². The lowest BCUT2D eigenvalue weighted by atomic mass is 10.1. The second-order valence-corrected chi connectivity index (χ2v) is 4.33. The summed E-state index contributed by atoms with van der Waals surface area (Å²) in [6.45, 7) is 9.82. The van der Waals surface area contributed by atoms with Crippen molar-refractivity contribution >= 4 is 0 Å². The van der Waals surface area contributed by atoms with Gasteiger partial charge in [0.05, 0.1) is 6.54 Å². The predicted molar refractivity (Wildman–Crippen MR) is 56.2 cm³/mol. The molecule has 0 radical (unpaired) electrons. The van der Waals surface area contributed by atoms with Crippen LogP contribution in [0.5, 0.6) is 0 Å². The van der Waals surface area contributed by atoms with E-state index in [0.29, 0.717) is 31.5 Å². The van der Waals surface area contributed by atoms with Crippen molar-refractivity contribution in [2.24, 2.45) is 0 Å². The Hall–Kier alpha value is -0.940. The van der Waals surface area contributed by atoms with Gasteiger partial charge in [0.1, 0.15) is 6.61 Å². The molecule has 0 aliphatic rings. The van der Waals surface area contributed by atoms with Gasteiger partial charge in [0.25, 0.3) is 0 Å². The average molecular weight is 213 g/mol. The van der Waals surface area contributed by atoms with E-state index >= 15 is 0 Å². The van der Waals surface area contributed by atoms with E-state index in [1.165, 1.54) is 0 Å². The predicted octanol–water partition coefficient (Wildman–Crippen LogP) is 1.49. The largest absolute Gasteiger partial charge is 0.421 e. The van der Waals surface area contributed by atoms with Crippen molar-refractivity contribution < 1.29 is 9.15 Å². The molecular formula is C10H19N3O2. The summed E-state index contributed by atoms with van der Waals surface area (Å²) in [4.78, 5) is 0. The number of hydrogen-bond acceptors (Lipinski definition) is 5. The molecule has 0 fully saturated rings. The van der Waals surface area contributed by atoms with Crippen LogP contribution >= 0.6 is 0 Å². The standard InChI is InChI=1S/C10H19N3O2/c1-5-14-7-9-13-12-8(15-9)6-11-10(2,3)4/h11H,5-7H2,1-4H3. The maximum atomic E-state index is 5.37. The molecule has 0 atom stereocenters. The van der Waals surface area contributed by atoms with Crippen LogP contribution in [0.25, 0.3) is 0 Å². The van der Waals surface area contributed by atoms with Crippen LogP contribution in [0, 0.1) is 0 Å². The number of aromatic nitrogens is 2. The third-order valence-corrected chi connectivity index (χ3v) is 1.71. The molecule has 0 spiro atoms. The van der Waals surface area contributed by atoms with Gasteiger partial charge < -0.3 is 14.5 Å². The maximum Gasteiger partial charge on any atom is 0.242 e. The van der Waals surface area contributed by atoms with Crippen molar-refractivity contribution in [1.29, 1.82) is 0 Å².